The molecule has 1 aliphatic heterocycles. The van der Waals surface area contributed by atoms with Gasteiger partial charge < -0.3 is 10.4 Å². The number of likely N-dealkylation sites (tertiary alicyclic amines) is 1. The molecule has 0 amide bonds. The Kier molecular flexibility index (Phi) is 7.63. The maximum absolute atomic E-state index is 11.1. The average molecular weight is 381 g/mol. The molecule has 0 bridgehead atoms. The third kappa shape index (κ3) is 6.47. The number of hydrogen-bond donors (Lipinski definition) is 2. The van der Waals surface area contributed by atoms with Crippen LogP contribution in [0.25, 0.3) is 0 Å². The molecule has 3 atom stereocenters. The number of nitrogens with zero attached hydrogens (tertiary/aromatic N) is 1. The number of carboxylic acids is 1. The molecule has 1 fully saturated rings. The molecule has 0 aromatic heterocycles. The lowest BCUT2D eigenvalue weighted by Crippen LogP contribution is -2.43. The highest BCUT2D eigenvalue weighted by atomic mass is 16.4. The van der Waals surface area contributed by atoms with Crippen LogP contribution < -0.4 is 5.32 Å². The summed E-state index contributed by atoms with van der Waals surface area (Å²) >= 11 is 0. The fraction of sp³-hybridized carbons (Fsp3) is 0.458. The van der Waals surface area contributed by atoms with Crippen molar-refractivity contribution in [3.05, 3.63) is 71.8 Å². The molecular weight excluding hydrogens is 348 g/mol. The van der Waals surface area contributed by atoms with E-state index in [9.17, 15) is 4.79 Å². The zero-order valence-corrected chi connectivity index (χ0v) is 16.8. The first-order valence-corrected chi connectivity index (χ1v) is 10.4. The van der Waals surface area contributed by atoms with Gasteiger partial charge in [0.2, 0.25) is 0 Å². The Bertz CT molecular complexity index is 720. The Morgan fingerprint density at radius 2 is 1.75 bits per heavy atom. The van der Waals surface area contributed by atoms with Gasteiger partial charge in [-0.25, -0.2) is 0 Å². The standard InChI is InChI=1S/C24H32N2O2/c1-19(22-14-15-26(18-22)17-21-10-6-3-7-11-21)25-23(12-13-24(27)28)16-20-8-4-2-5-9-20/h2-11,19,22-23,25H,12-18H2,1H3,(H,27,28). The number of aliphatic carboxylic acids is 1. The number of carbonyl (C=O) groups is 1. The second kappa shape index (κ2) is 10.4. The van der Waals surface area contributed by atoms with Crippen LogP contribution in [0.5, 0.6) is 0 Å². The molecule has 2 aromatic rings. The largest absolute Gasteiger partial charge is 0.481 e. The van der Waals surface area contributed by atoms with E-state index in [0.717, 1.165) is 26.1 Å². The van der Waals surface area contributed by atoms with E-state index in [1.165, 1.54) is 17.5 Å². The van der Waals surface area contributed by atoms with Crippen LogP contribution in [-0.2, 0) is 17.8 Å². The van der Waals surface area contributed by atoms with Gasteiger partial charge >= 0.3 is 5.97 Å². The lowest BCUT2D eigenvalue weighted by Gasteiger charge is -2.27. The molecule has 4 heteroatoms. The average Bonchev–Trinajstić information content (AvgIpc) is 3.16. The smallest absolute Gasteiger partial charge is 0.303 e. The molecule has 3 rings (SSSR count). The molecule has 2 N–H and O–H groups in total. The van der Waals surface area contributed by atoms with Gasteiger partial charge in [0.25, 0.3) is 0 Å². The predicted octanol–water partition coefficient (Wildman–Crippen LogP) is 3.96. The maximum Gasteiger partial charge on any atom is 0.303 e. The first-order valence-electron chi connectivity index (χ1n) is 10.4. The Morgan fingerprint density at radius 1 is 1.11 bits per heavy atom. The van der Waals surface area contributed by atoms with Crippen LogP contribution in [0.1, 0.15) is 37.3 Å². The second-order valence-electron chi connectivity index (χ2n) is 8.04. The summed E-state index contributed by atoms with van der Waals surface area (Å²) in [4.78, 5) is 13.6. The highest BCUT2D eigenvalue weighted by molar-refractivity contribution is 5.66. The third-order valence-corrected chi connectivity index (χ3v) is 5.80. The minimum absolute atomic E-state index is 0.191. The van der Waals surface area contributed by atoms with Crippen LogP contribution in [-0.4, -0.2) is 41.1 Å². The summed E-state index contributed by atoms with van der Waals surface area (Å²) in [5, 5.41) is 12.9. The molecule has 3 unspecified atom stereocenters. The van der Waals surface area contributed by atoms with E-state index >= 15 is 0 Å². The molecule has 0 saturated carbocycles. The van der Waals surface area contributed by atoms with E-state index in [1.54, 1.807) is 0 Å². The summed E-state index contributed by atoms with van der Waals surface area (Å²) in [6.45, 7) is 5.50. The Hall–Kier alpha value is -2.17. The summed E-state index contributed by atoms with van der Waals surface area (Å²) in [5.41, 5.74) is 2.63. The monoisotopic (exact) mass is 380 g/mol. The van der Waals surface area contributed by atoms with E-state index in [2.05, 4.69) is 59.6 Å². The van der Waals surface area contributed by atoms with Crippen molar-refractivity contribution >= 4 is 5.97 Å². The fourth-order valence-electron chi connectivity index (χ4n) is 4.20. The number of rotatable bonds is 10. The van der Waals surface area contributed by atoms with Gasteiger partial charge in [-0.3, -0.25) is 9.69 Å². The Morgan fingerprint density at radius 3 is 2.39 bits per heavy atom. The van der Waals surface area contributed by atoms with E-state index in [0.29, 0.717) is 18.4 Å². The van der Waals surface area contributed by atoms with Gasteiger partial charge in [0.15, 0.2) is 0 Å². The minimum atomic E-state index is -0.720. The molecule has 0 aliphatic carbocycles. The van der Waals surface area contributed by atoms with Crippen LogP contribution in [0, 0.1) is 5.92 Å². The predicted molar refractivity (Wildman–Crippen MR) is 113 cm³/mol. The van der Waals surface area contributed by atoms with E-state index in [1.807, 2.05) is 18.2 Å². The Labute approximate surface area is 168 Å². The number of carboxylic acid groups (broad SMARTS) is 1. The Balaban J connectivity index is 1.53. The highest BCUT2D eigenvalue weighted by Gasteiger charge is 2.28. The minimum Gasteiger partial charge on any atom is -0.481 e. The van der Waals surface area contributed by atoms with Gasteiger partial charge in [-0.1, -0.05) is 60.7 Å². The normalized spacial score (nSPS) is 19.4. The zero-order valence-electron chi connectivity index (χ0n) is 16.8. The van der Waals surface area contributed by atoms with Crippen molar-refractivity contribution in [2.45, 2.75) is 51.2 Å². The van der Waals surface area contributed by atoms with E-state index < -0.39 is 5.97 Å². The van der Waals surface area contributed by atoms with E-state index in [-0.39, 0.29) is 12.5 Å². The molecule has 150 valence electrons. The summed E-state index contributed by atoms with van der Waals surface area (Å²) in [6, 6.07) is 21.6. The van der Waals surface area contributed by atoms with Crippen LogP contribution >= 0.6 is 0 Å². The van der Waals surface area contributed by atoms with Crippen molar-refractivity contribution < 1.29 is 9.90 Å². The molecule has 1 heterocycles. The van der Waals surface area contributed by atoms with Crippen molar-refractivity contribution in [2.75, 3.05) is 13.1 Å². The van der Waals surface area contributed by atoms with Crippen LogP contribution in [0.4, 0.5) is 0 Å². The number of nitrogens with one attached hydrogen (secondary N) is 1. The first-order chi connectivity index (χ1) is 13.6. The summed E-state index contributed by atoms with van der Waals surface area (Å²) in [7, 11) is 0. The molecule has 0 spiro atoms. The lowest BCUT2D eigenvalue weighted by molar-refractivity contribution is -0.137. The van der Waals surface area contributed by atoms with Crippen LogP contribution in [0.2, 0.25) is 0 Å². The van der Waals surface area contributed by atoms with E-state index in [4.69, 9.17) is 5.11 Å². The molecule has 1 saturated heterocycles. The zero-order chi connectivity index (χ0) is 19.8. The van der Waals surface area contributed by atoms with Gasteiger partial charge in [-0.05, 0) is 49.8 Å². The van der Waals surface area contributed by atoms with Gasteiger partial charge in [0.05, 0.1) is 0 Å². The number of hydrogen-bond acceptors (Lipinski definition) is 3. The maximum atomic E-state index is 11.1. The van der Waals surface area contributed by atoms with Crippen LogP contribution in [0.3, 0.4) is 0 Å². The van der Waals surface area contributed by atoms with Crippen molar-refractivity contribution in [2.24, 2.45) is 5.92 Å². The lowest BCUT2D eigenvalue weighted by atomic mass is 9.96. The van der Waals surface area contributed by atoms with Gasteiger partial charge in [-0.2, -0.15) is 0 Å². The number of benzene rings is 2. The fourth-order valence-corrected chi connectivity index (χ4v) is 4.20. The third-order valence-electron chi connectivity index (χ3n) is 5.80. The highest BCUT2D eigenvalue weighted by Crippen LogP contribution is 2.22. The van der Waals surface area contributed by atoms with Gasteiger partial charge in [0, 0.05) is 31.6 Å². The molecular formula is C24H32N2O2. The van der Waals surface area contributed by atoms with Gasteiger partial charge in [0.1, 0.15) is 0 Å². The van der Waals surface area contributed by atoms with Crippen molar-refractivity contribution in [3.8, 4) is 0 Å². The molecule has 28 heavy (non-hydrogen) atoms. The van der Waals surface area contributed by atoms with Crippen LogP contribution in [0.15, 0.2) is 60.7 Å². The van der Waals surface area contributed by atoms with Gasteiger partial charge in [-0.15, -0.1) is 0 Å². The van der Waals surface area contributed by atoms with Crippen molar-refractivity contribution in [1.29, 1.82) is 0 Å². The topological polar surface area (TPSA) is 52.6 Å². The van der Waals surface area contributed by atoms with Crippen molar-refractivity contribution in [1.82, 2.24) is 10.2 Å². The van der Waals surface area contributed by atoms with Crippen molar-refractivity contribution in [3.63, 3.8) is 0 Å². The molecule has 1 aliphatic rings. The first kappa shape index (κ1) is 20.6. The summed E-state index contributed by atoms with van der Waals surface area (Å²) in [6.07, 6.45) is 2.94. The molecule has 2 aromatic carbocycles. The second-order valence-corrected chi connectivity index (χ2v) is 8.04. The summed E-state index contributed by atoms with van der Waals surface area (Å²) < 4.78 is 0. The summed E-state index contributed by atoms with van der Waals surface area (Å²) in [5.74, 6) is -0.116. The quantitative estimate of drug-likeness (QED) is 0.655. The molecule has 0 radical (unpaired) electrons. The molecule has 4 nitrogen and oxygen atoms in total. The SMILES string of the molecule is CC(NC(CCC(=O)O)Cc1ccccc1)C1CCN(Cc2ccccc2)C1.